The van der Waals surface area contributed by atoms with Crippen LogP contribution in [0.25, 0.3) is 54.1 Å². The number of hydrogen-bond acceptors (Lipinski definition) is 3. The maximum Gasteiger partial charge on any atom is 0.453 e. The van der Waals surface area contributed by atoms with Gasteiger partial charge in [-0.1, -0.05) is 170 Å². The highest BCUT2D eigenvalue weighted by atomic mass is 31.1. The number of rotatable bonds is 5. The summed E-state index contributed by atoms with van der Waals surface area (Å²) < 4.78 is 20.2. The van der Waals surface area contributed by atoms with Gasteiger partial charge in [0.05, 0.1) is 5.41 Å². The average molecular weight is 731 g/mol. The monoisotopic (exact) mass is 730 g/mol. The molecule has 8 aromatic carbocycles. The molecule has 0 saturated carbocycles. The summed E-state index contributed by atoms with van der Waals surface area (Å²) in [5.74, 6) is 0.705. The topological polar surface area (TPSA) is 35.5 Å². The van der Waals surface area contributed by atoms with Crippen molar-refractivity contribution in [1.29, 1.82) is 0 Å². The van der Waals surface area contributed by atoms with Crippen molar-refractivity contribution in [1.82, 2.24) is 0 Å². The van der Waals surface area contributed by atoms with E-state index in [1.807, 2.05) is 6.07 Å². The van der Waals surface area contributed by atoms with Crippen molar-refractivity contribution in [3.05, 3.63) is 216 Å². The van der Waals surface area contributed by atoms with Crippen molar-refractivity contribution in [2.45, 2.75) is 5.41 Å². The van der Waals surface area contributed by atoms with Crippen molar-refractivity contribution in [3.8, 4) is 5.75 Å². The number of hydrogen-bond donors (Lipinski definition) is 0. The Bertz CT molecular complexity index is 2940. The lowest BCUT2D eigenvalue weighted by molar-refractivity contribution is 0.498. The molecule has 0 N–H and O–H groups in total. The molecule has 2 bridgehead atoms. The number of allylic oxidation sites excluding steroid dienone is 2. The third-order valence-corrected chi connectivity index (χ3v) is 14.5. The fraction of sp³-hybridized carbons (Fsp3) is 0.0204. The zero-order chi connectivity index (χ0) is 35.6. The first-order valence-electron chi connectivity index (χ1n) is 18.2. The number of fused-ring (bicyclic) bond motifs is 7. The van der Waals surface area contributed by atoms with E-state index in [4.69, 9.17) is 12.9 Å². The first-order valence-corrected chi connectivity index (χ1v) is 20.6. The summed E-state index contributed by atoms with van der Waals surface area (Å²) in [6.45, 7) is 0. The summed E-state index contributed by atoms with van der Waals surface area (Å²) in [5, 5.41) is 10.7. The van der Waals surface area contributed by atoms with Gasteiger partial charge in [0.25, 0.3) is 0 Å². The van der Waals surface area contributed by atoms with E-state index in [9.17, 15) is 0 Å². The molecule has 0 fully saturated rings. The van der Waals surface area contributed by atoms with Gasteiger partial charge >= 0.3 is 8.24 Å². The highest BCUT2D eigenvalue weighted by Crippen LogP contribution is 2.69. The molecule has 3 aliphatic heterocycles. The van der Waals surface area contributed by atoms with Crippen LogP contribution in [0.15, 0.2) is 203 Å². The second-order valence-electron chi connectivity index (χ2n) is 13.9. The minimum absolute atomic E-state index is 0.414. The maximum absolute atomic E-state index is 6.76. The van der Waals surface area contributed by atoms with Crippen LogP contribution in [-0.2, 0) is 5.41 Å². The molecule has 54 heavy (non-hydrogen) atoms. The Morgan fingerprint density at radius 3 is 1.70 bits per heavy atom. The molecule has 1 aromatic heterocycles. The molecule has 9 aromatic rings. The highest BCUT2D eigenvalue weighted by molar-refractivity contribution is 7.84. The minimum atomic E-state index is -1.85. The lowest BCUT2D eigenvalue weighted by Gasteiger charge is -2.46. The van der Waals surface area contributed by atoms with Gasteiger partial charge in [0.15, 0.2) is 0 Å². The second kappa shape index (κ2) is 12.5. The molecule has 0 amide bonds. The molecule has 256 valence electrons. The minimum Gasteiger partial charge on any atom is -0.391 e. The van der Waals surface area contributed by atoms with Crippen LogP contribution in [0, 0.1) is 0 Å². The van der Waals surface area contributed by atoms with Gasteiger partial charge in [0.1, 0.15) is 16.9 Å². The molecule has 12 rings (SSSR count). The van der Waals surface area contributed by atoms with Crippen LogP contribution in [0.4, 0.5) is 0 Å². The van der Waals surface area contributed by atoms with Crippen molar-refractivity contribution < 1.29 is 12.9 Å². The van der Waals surface area contributed by atoms with Gasteiger partial charge < -0.3 is 12.9 Å². The normalized spacial score (nSPS) is 17.4. The quantitative estimate of drug-likeness (QED) is 0.165. The van der Waals surface area contributed by atoms with Gasteiger partial charge in [-0.2, -0.15) is 0 Å². The van der Waals surface area contributed by atoms with Gasteiger partial charge in [-0.3, -0.25) is 0 Å². The molecule has 3 nitrogen and oxygen atoms in total. The molecule has 0 radical (unpaired) electrons. The third-order valence-electron chi connectivity index (χ3n) is 10.8. The molecule has 3 aliphatic rings. The Labute approximate surface area is 314 Å². The van der Waals surface area contributed by atoms with Crippen molar-refractivity contribution in [3.63, 3.8) is 0 Å². The van der Waals surface area contributed by atoms with E-state index in [0.29, 0.717) is 5.75 Å². The van der Waals surface area contributed by atoms with Gasteiger partial charge in [-0.05, 0) is 91.9 Å². The van der Waals surface area contributed by atoms with Crippen LogP contribution >= 0.6 is 16.2 Å². The Hall–Kier alpha value is -6.11. The molecular weight excluding hydrogens is 698 g/mol. The summed E-state index contributed by atoms with van der Waals surface area (Å²) >= 11 is 0. The maximum atomic E-state index is 6.76. The van der Waals surface area contributed by atoms with Crippen molar-refractivity contribution >= 4 is 75.6 Å². The van der Waals surface area contributed by atoms with Gasteiger partial charge in [-0.25, -0.2) is 0 Å². The highest BCUT2D eigenvalue weighted by Gasteiger charge is 2.46. The Morgan fingerprint density at radius 2 is 1.02 bits per heavy atom. The fourth-order valence-electron chi connectivity index (χ4n) is 8.42. The predicted molar refractivity (Wildman–Crippen MR) is 226 cm³/mol. The first kappa shape index (κ1) is 31.4. The van der Waals surface area contributed by atoms with Crippen LogP contribution < -0.4 is 9.83 Å². The average Bonchev–Trinajstić information content (AvgIpc) is 3.41. The standard InChI is InChI=1S/C49H32O3P2/c1-3-16-35(17-4-1)45-31-49(37-19-5-2-6-20-37)32-46(53(45)44-25-12-11-24-41(44)49)36-18-13-21-38(30-36)50-54-51-42-28-26-33-14-7-9-22-39(33)47(42)48-40-23-10-8-15-34(40)27-29-43(48)52-54/h1-32H/t49-,53?/m1/s1. The summed E-state index contributed by atoms with van der Waals surface area (Å²) in [7, 11) is -2.70. The smallest absolute Gasteiger partial charge is 0.391 e. The van der Waals surface area contributed by atoms with Crippen LogP contribution in [0.2, 0.25) is 0 Å². The molecule has 5 heteroatoms. The molecule has 1 unspecified atom stereocenters. The SMILES string of the molecule is C1=C(c2ccccc2)P2C(c3cccc(Op4oc5ccc6ccccc6c5c5c(ccc6ccccc65)o4)c3)=C[C@]1(c1ccccc1)c1ccccc12. The molecule has 2 atom stereocenters. The molecule has 0 saturated heterocycles. The van der Waals surface area contributed by atoms with Crippen LogP contribution in [-0.4, -0.2) is 0 Å². The van der Waals surface area contributed by atoms with Crippen LogP contribution in [0.5, 0.6) is 5.75 Å². The third kappa shape index (κ3) is 4.93. The van der Waals surface area contributed by atoms with E-state index in [2.05, 4.69) is 188 Å². The Kier molecular flexibility index (Phi) is 7.27. The van der Waals surface area contributed by atoms with Crippen molar-refractivity contribution in [2.75, 3.05) is 0 Å². The van der Waals surface area contributed by atoms with Gasteiger partial charge in [0, 0.05) is 10.8 Å². The number of benzene rings is 8. The Balaban J connectivity index is 1.09. The summed E-state index contributed by atoms with van der Waals surface area (Å²) in [5.41, 5.74) is 6.10. The summed E-state index contributed by atoms with van der Waals surface area (Å²) in [6.07, 6.45) is 5.03. The van der Waals surface area contributed by atoms with E-state index in [0.717, 1.165) is 49.0 Å². The van der Waals surface area contributed by atoms with E-state index in [1.165, 1.54) is 32.6 Å². The largest absolute Gasteiger partial charge is 0.453 e. The molecular formula is C49H32O3P2. The molecule has 0 spiro atoms. The van der Waals surface area contributed by atoms with E-state index in [1.54, 1.807) is 0 Å². The molecule has 0 aliphatic carbocycles. The van der Waals surface area contributed by atoms with Gasteiger partial charge in [-0.15, -0.1) is 0 Å². The fourth-order valence-corrected chi connectivity index (χ4v) is 12.4. The van der Waals surface area contributed by atoms with E-state index < -0.39 is 21.6 Å². The molecule has 4 heterocycles. The Morgan fingerprint density at radius 1 is 0.463 bits per heavy atom. The van der Waals surface area contributed by atoms with E-state index >= 15 is 0 Å². The van der Waals surface area contributed by atoms with Gasteiger partial charge in [0.2, 0.25) is 0 Å². The first-order chi connectivity index (χ1) is 26.7. The van der Waals surface area contributed by atoms with Crippen LogP contribution in [0.1, 0.15) is 22.3 Å². The summed E-state index contributed by atoms with van der Waals surface area (Å²) in [6, 6.07) is 64.5. The van der Waals surface area contributed by atoms with Crippen LogP contribution in [0.3, 0.4) is 0 Å². The van der Waals surface area contributed by atoms with E-state index in [-0.39, 0.29) is 0 Å². The predicted octanol–water partition coefficient (Wildman–Crippen LogP) is 13.9. The lowest BCUT2D eigenvalue weighted by atomic mass is 9.72. The van der Waals surface area contributed by atoms with Crippen molar-refractivity contribution in [2.24, 2.45) is 0 Å². The zero-order valence-electron chi connectivity index (χ0n) is 29.1. The zero-order valence-corrected chi connectivity index (χ0v) is 30.9. The summed E-state index contributed by atoms with van der Waals surface area (Å²) in [4.78, 5) is 0. The second-order valence-corrected chi connectivity index (χ2v) is 17.0. The lowest BCUT2D eigenvalue weighted by Crippen LogP contribution is -2.36.